The molecule has 26 heavy (non-hydrogen) atoms. The SMILES string of the molecule is C=CCN1CCN(C(c2ccc(Cl)cc2)c2cccc(O)c2)[C@H](C)[C@H]1C. The highest BCUT2D eigenvalue weighted by molar-refractivity contribution is 6.30. The molecule has 3 nitrogen and oxygen atoms in total. The number of hydrogen-bond donors (Lipinski definition) is 1. The van der Waals surface area contributed by atoms with E-state index in [1.807, 2.05) is 30.3 Å². The lowest BCUT2D eigenvalue weighted by Crippen LogP contribution is -2.58. The van der Waals surface area contributed by atoms with E-state index in [1.165, 1.54) is 5.56 Å². The van der Waals surface area contributed by atoms with Gasteiger partial charge in [0.05, 0.1) is 6.04 Å². The molecule has 0 aromatic heterocycles. The number of hydrogen-bond acceptors (Lipinski definition) is 3. The van der Waals surface area contributed by atoms with Crippen LogP contribution in [0.3, 0.4) is 0 Å². The second-order valence-corrected chi connectivity index (χ2v) is 7.49. The van der Waals surface area contributed by atoms with E-state index in [2.05, 4.69) is 48.4 Å². The van der Waals surface area contributed by atoms with Crippen LogP contribution in [-0.4, -0.2) is 46.6 Å². The maximum atomic E-state index is 10.0. The summed E-state index contributed by atoms with van der Waals surface area (Å²) in [6, 6.07) is 16.5. The first-order chi connectivity index (χ1) is 12.5. The van der Waals surface area contributed by atoms with E-state index in [-0.39, 0.29) is 6.04 Å². The first kappa shape index (κ1) is 19.0. The van der Waals surface area contributed by atoms with Gasteiger partial charge in [-0.3, -0.25) is 9.80 Å². The van der Waals surface area contributed by atoms with Crippen LogP contribution in [0.4, 0.5) is 0 Å². The number of phenolic OH excluding ortho intramolecular Hbond substituents is 1. The van der Waals surface area contributed by atoms with E-state index in [9.17, 15) is 5.11 Å². The minimum Gasteiger partial charge on any atom is -0.508 e. The lowest BCUT2D eigenvalue weighted by molar-refractivity contribution is 0.0239. The van der Waals surface area contributed by atoms with E-state index >= 15 is 0 Å². The average molecular weight is 371 g/mol. The van der Waals surface area contributed by atoms with Crippen LogP contribution >= 0.6 is 11.6 Å². The number of piperazine rings is 1. The van der Waals surface area contributed by atoms with Crippen LogP contribution in [0.2, 0.25) is 5.02 Å². The van der Waals surface area contributed by atoms with Gasteiger partial charge in [-0.1, -0.05) is 41.9 Å². The van der Waals surface area contributed by atoms with Crippen LogP contribution < -0.4 is 0 Å². The number of rotatable bonds is 5. The summed E-state index contributed by atoms with van der Waals surface area (Å²) in [6.45, 7) is 11.3. The second-order valence-electron chi connectivity index (χ2n) is 7.05. The third-order valence-electron chi connectivity index (χ3n) is 5.51. The molecule has 138 valence electrons. The van der Waals surface area contributed by atoms with Crippen molar-refractivity contribution in [2.45, 2.75) is 32.0 Å². The van der Waals surface area contributed by atoms with Crippen LogP contribution in [0.1, 0.15) is 31.0 Å². The lowest BCUT2D eigenvalue weighted by atomic mass is 9.92. The lowest BCUT2D eigenvalue weighted by Gasteiger charge is -2.48. The fourth-order valence-electron chi connectivity index (χ4n) is 3.94. The van der Waals surface area contributed by atoms with Crippen LogP contribution in [0.15, 0.2) is 61.2 Å². The molecule has 1 N–H and O–H groups in total. The molecule has 0 radical (unpaired) electrons. The van der Waals surface area contributed by atoms with Crippen molar-refractivity contribution in [2.75, 3.05) is 19.6 Å². The summed E-state index contributed by atoms with van der Waals surface area (Å²) in [7, 11) is 0. The maximum absolute atomic E-state index is 10.0. The molecule has 1 saturated heterocycles. The Morgan fingerprint density at radius 2 is 1.85 bits per heavy atom. The van der Waals surface area contributed by atoms with Gasteiger partial charge in [0.15, 0.2) is 0 Å². The van der Waals surface area contributed by atoms with Crippen molar-refractivity contribution in [3.05, 3.63) is 77.3 Å². The molecule has 1 unspecified atom stereocenters. The van der Waals surface area contributed by atoms with Gasteiger partial charge in [0.25, 0.3) is 0 Å². The Morgan fingerprint density at radius 3 is 2.50 bits per heavy atom. The highest BCUT2D eigenvalue weighted by Gasteiger charge is 2.35. The highest BCUT2D eigenvalue weighted by Crippen LogP contribution is 2.35. The molecule has 4 heteroatoms. The quantitative estimate of drug-likeness (QED) is 0.772. The molecule has 1 heterocycles. The predicted molar refractivity (Wildman–Crippen MR) is 109 cm³/mol. The van der Waals surface area contributed by atoms with Crippen LogP contribution in [0, 0.1) is 0 Å². The Labute approximate surface area is 161 Å². The zero-order chi connectivity index (χ0) is 18.7. The smallest absolute Gasteiger partial charge is 0.115 e. The van der Waals surface area contributed by atoms with Crippen LogP contribution in [0.5, 0.6) is 5.75 Å². The second kappa shape index (κ2) is 8.26. The van der Waals surface area contributed by atoms with Gasteiger partial charge in [-0.25, -0.2) is 0 Å². The van der Waals surface area contributed by atoms with Gasteiger partial charge in [-0.05, 0) is 49.2 Å². The van der Waals surface area contributed by atoms with Gasteiger partial charge in [-0.15, -0.1) is 6.58 Å². The summed E-state index contributed by atoms with van der Waals surface area (Å²) < 4.78 is 0. The van der Waals surface area contributed by atoms with Gasteiger partial charge in [-0.2, -0.15) is 0 Å². The van der Waals surface area contributed by atoms with E-state index in [4.69, 9.17) is 11.6 Å². The van der Waals surface area contributed by atoms with Crippen molar-refractivity contribution in [3.8, 4) is 5.75 Å². The Kier molecular flexibility index (Phi) is 6.02. The number of aromatic hydroxyl groups is 1. The van der Waals surface area contributed by atoms with Crippen LogP contribution in [-0.2, 0) is 0 Å². The zero-order valence-corrected chi connectivity index (χ0v) is 16.2. The minimum atomic E-state index is 0.0858. The van der Waals surface area contributed by atoms with Gasteiger partial charge in [0, 0.05) is 36.7 Å². The largest absolute Gasteiger partial charge is 0.508 e. The predicted octanol–water partition coefficient (Wildman–Crippen LogP) is 4.72. The van der Waals surface area contributed by atoms with Crippen molar-refractivity contribution in [2.24, 2.45) is 0 Å². The number of nitrogens with zero attached hydrogens (tertiary/aromatic N) is 2. The van der Waals surface area contributed by atoms with Crippen LogP contribution in [0.25, 0.3) is 0 Å². The molecule has 2 aromatic carbocycles. The molecule has 1 aliphatic heterocycles. The van der Waals surface area contributed by atoms with Gasteiger partial charge in [0.2, 0.25) is 0 Å². The Bertz CT molecular complexity index is 746. The first-order valence-electron chi connectivity index (χ1n) is 9.16. The molecule has 2 aromatic rings. The van der Waals surface area contributed by atoms with Crippen molar-refractivity contribution in [3.63, 3.8) is 0 Å². The molecule has 1 aliphatic rings. The fraction of sp³-hybridized carbons (Fsp3) is 0.364. The molecule has 0 spiro atoms. The van der Waals surface area contributed by atoms with E-state index in [0.29, 0.717) is 17.8 Å². The normalized spacial score (nSPS) is 22.9. The first-order valence-corrected chi connectivity index (χ1v) is 9.54. The van der Waals surface area contributed by atoms with Crippen molar-refractivity contribution in [1.29, 1.82) is 0 Å². The minimum absolute atomic E-state index is 0.0858. The number of benzene rings is 2. The summed E-state index contributed by atoms with van der Waals surface area (Å²) in [5.74, 6) is 0.299. The monoisotopic (exact) mass is 370 g/mol. The Hall–Kier alpha value is -1.81. The third kappa shape index (κ3) is 3.96. The zero-order valence-electron chi connectivity index (χ0n) is 15.5. The van der Waals surface area contributed by atoms with E-state index < -0.39 is 0 Å². The van der Waals surface area contributed by atoms with Crippen molar-refractivity contribution >= 4 is 11.6 Å². The summed E-state index contributed by atoms with van der Waals surface area (Å²) in [5, 5.41) is 10.8. The number of halogens is 1. The van der Waals surface area contributed by atoms with Crippen molar-refractivity contribution in [1.82, 2.24) is 9.80 Å². The molecule has 3 rings (SSSR count). The topological polar surface area (TPSA) is 26.7 Å². The standard InChI is InChI=1S/C22H27ClN2O/c1-4-12-24-13-14-25(17(3)16(24)2)22(18-8-10-20(23)11-9-18)19-6-5-7-21(26)15-19/h4-11,15-17,22,26H,1,12-14H2,2-3H3/t16-,17-,22?/m1/s1. The maximum Gasteiger partial charge on any atom is 0.115 e. The molecule has 0 bridgehead atoms. The van der Waals surface area contributed by atoms with Crippen molar-refractivity contribution < 1.29 is 5.11 Å². The summed E-state index contributed by atoms with van der Waals surface area (Å²) >= 11 is 6.11. The van der Waals surface area contributed by atoms with Gasteiger partial charge >= 0.3 is 0 Å². The molecule has 3 atom stereocenters. The molecule has 0 amide bonds. The molecular weight excluding hydrogens is 344 g/mol. The molecular formula is C22H27ClN2O. The van der Waals surface area contributed by atoms with Gasteiger partial charge < -0.3 is 5.11 Å². The van der Waals surface area contributed by atoms with E-state index in [0.717, 1.165) is 30.2 Å². The molecule has 1 fully saturated rings. The third-order valence-corrected chi connectivity index (χ3v) is 5.76. The summed E-state index contributed by atoms with van der Waals surface area (Å²) in [6.07, 6.45) is 1.98. The fourth-order valence-corrected chi connectivity index (χ4v) is 4.06. The average Bonchev–Trinajstić information content (AvgIpc) is 2.63. The Balaban J connectivity index is 1.98. The number of phenols is 1. The van der Waals surface area contributed by atoms with E-state index in [1.54, 1.807) is 6.07 Å². The summed E-state index contributed by atoms with van der Waals surface area (Å²) in [5.41, 5.74) is 2.29. The Morgan fingerprint density at radius 1 is 1.12 bits per heavy atom. The summed E-state index contributed by atoms with van der Waals surface area (Å²) in [4.78, 5) is 5.00. The highest BCUT2D eigenvalue weighted by atomic mass is 35.5. The molecule has 0 saturated carbocycles. The molecule has 0 aliphatic carbocycles. The van der Waals surface area contributed by atoms with Gasteiger partial charge in [0.1, 0.15) is 5.75 Å².